The first-order valence-electron chi connectivity index (χ1n) is 8.71. The predicted octanol–water partition coefficient (Wildman–Crippen LogP) is 3.29. The Bertz CT molecular complexity index is 921. The molecule has 28 heavy (non-hydrogen) atoms. The van der Waals surface area contributed by atoms with Gasteiger partial charge in [-0.1, -0.05) is 54.0 Å². The summed E-state index contributed by atoms with van der Waals surface area (Å²) in [5.74, 6) is -1.11. The molecule has 0 spiro atoms. The van der Waals surface area contributed by atoms with Crippen molar-refractivity contribution in [1.29, 1.82) is 0 Å². The van der Waals surface area contributed by atoms with Gasteiger partial charge in [0, 0.05) is 24.5 Å². The maximum atomic E-state index is 12.1. The molecule has 1 amide bonds. The van der Waals surface area contributed by atoms with Crippen molar-refractivity contribution in [2.24, 2.45) is 0 Å². The van der Waals surface area contributed by atoms with Crippen molar-refractivity contribution in [3.05, 3.63) is 58.0 Å². The number of fused-ring (bicyclic) bond motifs is 1. The molecule has 2 heterocycles. The largest absolute Gasteiger partial charge is 0.550 e. The Morgan fingerprint density at radius 3 is 2.71 bits per heavy atom. The molecule has 0 saturated carbocycles. The van der Waals surface area contributed by atoms with Crippen molar-refractivity contribution < 1.29 is 14.7 Å². The molecule has 2 aliphatic heterocycles. The highest BCUT2D eigenvalue weighted by Crippen LogP contribution is 2.45. The highest BCUT2D eigenvalue weighted by molar-refractivity contribution is 8.26. The normalized spacial score (nSPS) is 19.9. The van der Waals surface area contributed by atoms with E-state index in [1.165, 1.54) is 16.7 Å². The van der Waals surface area contributed by atoms with Crippen LogP contribution in [0.4, 0.5) is 5.69 Å². The molecule has 5 nitrogen and oxygen atoms in total. The Labute approximate surface area is 178 Å². The maximum absolute atomic E-state index is 12.1. The van der Waals surface area contributed by atoms with Gasteiger partial charge in [-0.05, 0) is 49.6 Å². The average Bonchev–Trinajstić information content (AvgIpc) is 3.12. The van der Waals surface area contributed by atoms with Crippen LogP contribution in [0.15, 0.2) is 62.9 Å². The summed E-state index contributed by atoms with van der Waals surface area (Å²) in [5.41, 5.74) is 2.02. The summed E-state index contributed by atoms with van der Waals surface area (Å²) in [6.45, 7) is 2.54. The fraction of sp³-hybridized carbons (Fsp3) is 0.250. The highest BCUT2D eigenvalue weighted by atomic mass is 32.2. The summed E-state index contributed by atoms with van der Waals surface area (Å²) in [6.07, 6.45) is 6.35. The number of allylic oxidation sites excluding steroid dienone is 4. The smallest absolute Gasteiger partial charge is 0.265 e. The topological polar surface area (TPSA) is 63.7 Å². The van der Waals surface area contributed by atoms with Gasteiger partial charge < -0.3 is 14.8 Å². The third-order valence-electron chi connectivity index (χ3n) is 4.23. The number of likely N-dealkylation sites (N-methyl/N-ethyl adjacent to an activating group) is 1. The second-order valence-electron chi connectivity index (χ2n) is 6.35. The minimum absolute atomic E-state index is 0.0321. The molecule has 0 bridgehead atoms. The molecule has 0 aromatic heterocycles. The SMILES string of the molecule is CC(=C\C=C1/Sc2ccccc2N1CCCC(=O)[O-])/C=C1/SC(=S)N(C)C1=O. The summed E-state index contributed by atoms with van der Waals surface area (Å²) in [7, 11) is 1.68. The lowest BCUT2D eigenvalue weighted by Crippen LogP contribution is -2.25. The zero-order valence-electron chi connectivity index (χ0n) is 15.5. The Morgan fingerprint density at radius 1 is 1.29 bits per heavy atom. The quantitative estimate of drug-likeness (QED) is 0.506. The number of para-hydroxylation sites is 1. The molecule has 146 valence electrons. The number of thioether (sulfide) groups is 2. The number of carbonyl (C=O) groups excluding carboxylic acids is 2. The van der Waals surface area contributed by atoms with Gasteiger partial charge in [0.05, 0.1) is 15.6 Å². The van der Waals surface area contributed by atoms with Crippen LogP contribution < -0.4 is 10.0 Å². The molecule has 8 heteroatoms. The molecular weight excluding hydrogens is 412 g/mol. The minimum Gasteiger partial charge on any atom is -0.550 e. The number of hydrogen-bond donors (Lipinski definition) is 0. The van der Waals surface area contributed by atoms with Crippen molar-refractivity contribution >= 4 is 57.6 Å². The van der Waals surface area contributed by atoms with Crippen LogP contribution in [0, 0.1) is 0 Å². The Hall–Kier alpha value is -2.03. The number of aliphatic carboxylic acids is 1. The van der Waals surface area contributed by atoms with Crippen LogP contribution in [0.25, 0.3) is 0 Å². The van der Waals surface area contributed by atoms with Gasteiger partial charge in [-0.15, -0.1) is 0 Å². The molecule has 1 aromatic rings. The van der Waals surface area contributed by atoms with Crippen molar-refractivity contribution in [2.45, 2.75) is 24.7 Å². The molecule has 0 aliphatic carbocycles. The average molecular weight is 432 g/mol. The summed E-state index contributed by atoms with van der Waals surface area (Å²) in [5, 5.41) is 11.8. The number of carboxylic acids is 1. The second kappa shape index (κ2) is 8.98. The Kier molecular flexibility index (Phi) is 6.64. The molecule has 1 fully saturated rings. The van der Waals surface area contributed by atoms with Crippen molar-refractivity contribution in [1.82, 2.24) is 4.90 Å². The van der Waals surface area contributed by atoms with E-state index in [9.17, 15) is 14.7 Å². The van der Waals surface area contributed by atoms with Crippen LogP contribution in [-0.2, 0) is 9.59 Å². The van der Waals surface area contributed by atoms with Crippen LogP contribution in [0.1, 0.15) is 19.8 Å². The van der Waals surface area contributed by atoms with E-state index in [-0.39, 0.29) is 12.3 Å². The number of rotatable bonds is 6. The van der Waals surface area contributed by atoms with E-state index >= 15 is 0 Å². The molecule has 0 atom stereocenters. The van der Waals surface area contributed by atoms with E-state index in [1.807, 2.05) is 43.4 Å². The summed E-state index contributed by atoms with van der Waals surface area (Å²) >= 11 is 8.10. The van der Waals surface area contributed by atoms with Gasteiger partial charge in [0.2, 0.25) is 0 Å². The first-order chi connectivity index (χ1) is 13.4. The summed E-state index contributed by atoms with van der Waals surface area (Å²) in [4.78, 5) is 28.2. The van der Waals surface area contributed by atoms with E-state index in [1.54, 1.807) is 18.8 Å². The summed E-state index contributed by atoms with van der Waals surface area (Å²) < 4.78 is 0.559. The zero-order valence-corrected chi connectivity index (χ0v) is 18.0. The molecule has 0 unspecified atom stereocenters. The fourth-order valence-electron chi connectivity index (χ4n) is 2.79. The Morgan fingerprint density at radius 2 is 2.04 bits per heavy atom. The number of carboxylic acid groups (broad SMARTS) is 1. The number of carbonyl (C=O) groups is 2. The van der Waals surface area contributed by atoms with Gasteiger partial charge in [-0.2, -0.15) is 0 Å². The fourth-order valence-corrected chi connectivity index (χ4v) is 5.11. The molecule has 0 N–H and O–H groups in total. The van der Waals surface area contributed by atoms with Crippen molar-refractivity contribution in [3.63, 3.8) is 0 Å². The van der Waals surface area contributed by atoms with Gasteiger partial charge in [-0.25, -0.2) is 0 Å². The molecule has 0 radical (unpaired) electrons. The van der Waals surface area contributed by atoms with E-state index in [4.69, 9.17) is 12.2 Å². The van der Waals surface area contributed by atoms with Gasteiger partial charge in [0.1, 0.15) is 4.32 Å². The second-order valence-corrected chi connectivity index (χ2v) is 9.09. The number of hydrogen-bond acceptors (Lipinski definition) is 7. The molecule has 3 rings (SSSR count). The van der Waals surface area contributed by atoms with Crippen LogP contribution in [0.2, 0.25) is 0 Å². The van der Waals surface area contributed by atoms with Crippen molar-refractivity contribution in [3.8, 4) is 0 Å². The predicted molar refractivity (Wildman–Crippen MR) is 117 cm³/mol. The number of anilines is 1. The third kappa shape index (κ3) is 4.68. The zero-order chi connectivity index (χ0) is 20.3. The van der Waals surface area contributed by atoms with E-state index in [0.717, 1.165) is 21.2 Å². The van der Waals surface area contributed by atoms with Crippen LogP contribution in [-0.4, -0.2) is 34.7 Å². The lowest BCUT2D eigenvalue weighted by molar-refractivity contribution is -0.305. The standard InChI is InChI=1S/C20H20N2O3S3/c1-13(12-16-19(25)21(2)20(26)28-16)9-10-17-22(11-5-8-18(23)24)14-6-3-4-7-15(14)27-17/h3-4,6-7,9-10,12H,5,8,11H2,1-2H3,(H,23,24)/p-1/b13-9+,16-12+,17-10-. The lowest BCUT2D eigenvalue weighted by atomic mass is 10.2. The first kappa shape index (κ1) is 20.7. The number of benzene rings is 1. The molecular formula is C20H19N2O3S3-. The van der Waals surface area contributed by atoms with Crippen molar-refractivity contribution in [2.75, 3.05) is 18.5 Å². The molecule has 1 aromatic carbocycles. The lowest BCUT2D eigenvalue weighted by Gasteiger charge is -2.20. The van der Waals surface area contributed by atoms with Crippen LogP contribution >= 0.6 is 35.7 Å². The van der Waals surface area contributed by atoms with E-state index in [0.29, 0.717) is 22.2 Å². The van der Waals surface area contributed by atoms with E-state index < -0.39 is 5.97 Å². The van der Waals surface area contributed by atoms with Gasteiger partial charge >= 0.3 is 0 Å². The van der Waals surface area contributed by atoms with Gasteiger partial charge in [0.25, 0.3) is 5.91 Å². The monoisotopic (exact) mass is 431 g/mol. The van der Waals surface area contributed by atoms with E-state index in [2.05, 4.69) is 11.0 Å². The summed E-state index contributed by atoms with van der Waals surface area (Å²) in [6, 6.07) is 8.05. The minimum atomic E-state index is -1.03. The third-order valence-corrected chi connectivity index (χ3v) is 6.85. The van der Waals surface area contributed by atoms with Gasteiger partial charge in [0.15, 0.2) is 0 Å². The maximum Gasteiger partial charge on any atom is 0.265 e. The molecule has 1 saturated heterocycles. The number of thiocarbonyl (C=S) groups is 1. The number of nitrogens with zero attached hydrogens (tertiary/aromatic N) is 2. The molecule has 2 aliphatic rings. The van der Waals surface area contributed by atoms with Crippen LogP contribution in [0.5, 0.6) is 0 Å². The first-order valence-corrected chi connectivity index (χ1v) is 10.8. The van der Waals surface area contributed by atoms with Gasteiger partial charge in [-0.3, -0.25) is 9.69 Å². The number of amides is 1. The highest BCUT2D eigenvalue weighted by Gasteiger charge is 2.28. The van der Waals surface area contributed by atoms with Crippen LogP contribution in [0.3, 0.4) is 0 Å². The Balaban J connectivity index is 1.79.